The van der Waals surface area contributed by atoms with Gasteiger partial charge in [0.1, 0.15) is 12.1 Å². The average Bonchev–Trinajstić information content (AvgIpc) is 2.30. The lowest BCUT2D eigenvalue weighted by Crippen LogP contribution is -2.29. The number of aldehydes is 1. The Morgan fingerprint density at radius 3 is 2.29 bits per heavy atom. The van der Waals surface area contributed by atoms with Gasteiger partial charge in [-0.3, -0.25) is 9.59 Å². The van der Waals surface area contributed by atoms with Crippen molar-refractivity contribution in [3.63, 3.8) is 0 Å². The molecule has 2 unspecified atom stereocenters. The first kappa shape index (κ1) is 13.3. The molecule has 0 saturated carbocycles. The predicted octanol–water partition coefficient (Wildman–Crippen LogP) is 2.30. The molecule has 3 nitrogen and oxygen atoms in total. The zero-order chi connectivity index (χ0) is 12.8. The van der Waals surface area contributed by atoms with E-state index in [1.165, 1.54) is 6.92 Å². The molecule has 0 spiro atoms. The summed E-state index contributed by atoms with van der Waals surface area (Å²) in [7, 11) is 0. The molecule has 0 aliphatic rings. The summed E-state index contributed by atoms with van der Waals surface area (Å²) in [4.78, 5) is 34.2. The fraction of sp³-hybridized carbons (Fsp3) is 0.357. The Bertz CT molecular complexity index is 409. The molecule has 17 heavy (non-hydrogen) atoms. The maximum absolute atomic E-state index is 12.2. The van der Waals surface area contributed by atoms with Crippen molar-refractivity contribution in [2.75, 3.05) is 0 Å². The molecule has 0 radical (unpaired) electrons. The second-order valence-electron chi connectivity index (χ2n) is 4.20. The van der Waals surface area contributed by atoms with Gasteiger partial charge < -0.3 is 4.79 Å². The maximum atomic E-state index is 12.2. The molecular weight excluding hydrogens is 216 g/mol. The Morgan fingerprint density at radius 2 is 1.82 bits per heavy atom. The Balaban J connectivity index is 2.96. The van der Waals surface area contributed by atoms with Crippen LogP contribution in [0.5, 0.6) is 0 Å². The largest absolute Gasteiger partial charge is 0.303 e. The molecular formula is C14H16O3. The molecule has 1 aromatic carbocycles. The van der Waals surface area contributed by atoms with Gasteiger partial charge in [-0.25, -0.2) is 0 Å². The summed E-state index contributed by atoms with van der Waals surface area (Å²) in [5.74, 6) is -1.36. The first-order valence-electron chi connectivity index (χ1n) is 5.61. The molecule has 0 heterocycles. The molecule has 1 rings (SSSR count). The van der Waals surface area contributed by atoms with E-state index < -0.39 is 5.92 Å². The van der Waals surface area contributed by atoms with Gasteiger partial charge in [-0.2, -0.15) is 0 Å². The number of benzene rings is 1. The molecule has 1 aromatic rings. The van der Waals surface area contributed by atoms with Crippen LogP contribution >= 0.6 is 0 Å². The van der Waals surface area contributed by atoms with E-state index in [1.807, 2.05) is 6.07 Å². The van der Waals surface area contributed by atoms with Gasteiger partial charge in [-0.15, -0.1) is 0 Å². The summed E-state index contributed by atoms with van der Waals surface area (Å²) >= 11 is 0. The van der Waals surface area contributed by atoms with Crippen molar-refractivity contribution in [2.45, 2.75) is 20.3 Å². The van der Waals surface area contributed by atoms with Gasteiger partial charge in [0, 0.05) is 12.0 Å². The van der Waals surface area contributed by atoms with E-state index in [9.17, 15) is 14.4 Å². The molecule has 90 valence electrons. The molecule has 0 saturated heterocycles. The van der Waals surface area contributed by atoms with Gasteiger partial charge in [0.25, 0.3) is 0 Å². The van der Waals surface area contributed by atoms with Crippen molar-refractivity contribution in [3.8, 4) is 0 Å². The number of carbonyl (C=O) groups is 3. The third kappa shape index (κ3) is 3.34. The second-order valence-corrected chi connectivity index (χ2v) is 4.20. The van der Waals surface area contributed by atoms with Crippen molar-refractivity contribution >= 4 is 17.9 Å². The predicted molar refractivity (Wildman–Crippen MR) is 64.8 cm³/mol. The van der Waals surface area contributed by atoms with E-state index in [-0.39, 0.29) is 23.9 Å². The van der Waals surface area contributed by atoms with Gasteiger partial charge in [-0.05, 0) is 12.8 Å². The summed E-state index contributed by atoms with van der Waals surface area (Å²) in [5, 5.41) is 0. The van der Waals surface area contributed by atoms with E-state index in [1.54, 1.807) is 31.2 Å². The monoisotopic (exact) mass is 232 g/mol. The van der Waals surface area contributed by atoms with Gasteiger partial charge in [0.15, 0.2) is 5.78 Å². The fourth-order valence-corrected chi connectivity index (χ4v) is 1.91. The van der Waals surface area contributed by atoms with Gasteiger partial charge >= 0.3 is 0 Å². The molecule has 0 aliphatic carbocycles. The fourth-order valence-electron chi connectivity index (χ4n) is 1.91. The lowest BCUT2D eigenvalue weighted by molar-refractivity contribution is -0.120. The quantitative estimate of drug-likeness (QED) is 0.429. The minimum atomic E-state index is -0.720. The van der Waals surface area contributed by atoms with Crippen LogP contribution in [0.2, 0.25) is 0 Å². The summed E-state index contributed by atoms with van der Waals surface area (Å²) in [6.45, 7) is 3.15. The lowest BCUT2D eigenvalue weighted by Gasteiger charge is -2.18. The number of Topliss-reactive ketones (excluding diaryl/α,β-unsaturated/α-hetero) is 2. The third-order valence-electron chi connectivity index (χ3n) is 2.82. The number of carbonyl (C=O) groups excluding carboxylic acids is 3. The first-order chi connectivity index (χ1) is 8.07. The van der Waals surface area contributed by atoms with Crippen molar-refractivity contribution in [1.82, 2.24) is 0 Å². The van der Waals surface area contributed by atoms with Crippen LogP contribution in [0.4, 0.5) is 0 Å². The first-order valence-corrected chi connectivity index (χ1v) is 5.61. The maximum Gasteiger partial charge on any atom is 0.173 e. The summed E-state index contributed by atoms with van der Waals surface area (Å²) in [6.07, 6.45) is 0.974. The molecule has 0 aliphatic heterocycles. The molecule has 0 fully saturated rings. The van der Waals surface area contributed by atoms with Crippen LogP contribution < -0.4 is 0 Å². The Hall–Kier alpha value is -1.77. The highest BCUT2D eigenvalue weighted by atomic mass is 16.2. The normalized spacial score (nSPS) is 13.8. The highest BCUT2D eigenvalue weighted by molar-refractivity contribution is 6.10. The highest BCUT2D eigenvalue weighted by Gasteiger charge is 2.29. The smallest absolute Gasteiger partial charge is 0.173 e. The van der Waals surface area contributed by atoms with E-state index in [4.69, 9.17) is 0 Å². The Labute approximate surface area is 101 Å². The minimum absolute atomic E-state index is 0.187. The third-order valence-corrected chi connectivity index (χ3v) is 2.82. The van der Waals surface area contributed by atoms with Gasteiger partial charge in [0.05, 0.1) is 5.92 Å². The topological polar surface area (TPSA) is 51.2 Å². The highest BCUT2D eigenvalue weighted by Crippen LogP contribution is 2.20. The SMILES string of the molecule is CC(=O)C(C(=O)c1ccccc1)C(C)CC=O. The molecule has 0 bridgehead atoms. The molecule has 0 aromatic heterocycles. The van der Waals surface area contributed by atoms with Crippen molar-refractivity contribution < 1.29 is 14.4 Å². The van der Waals surface area contributed by atoms with Crippen LogP contribution in [0.15, 0.2) is 30.3 Å². The Kier molecular flexibility index (Phi) is 4.76. The van der Waals surface area contributed by atoms with Crippen LogP contribution in [-0.2, 0) is 9.59 Å². The molecule has 0 N–H and O–H groups in total. The van der Waals surface area contributed by atoms with E-state index in [0.29, 0.717) is 5.56 Å². The van der Waals surface area contributed by atoms with E-state index in [2.05, 4.69) is 0 Å². The minimum Gasteiger partial charge on any atom is -0.303 e. The second kappa shape index (κ2) is 6.09. The zero-order valence-corrected chi connectivity index (χ0v) is 10.1. The summed E-state index contributed by atoms with van der Waals surface area (Å²) < 4.78 is 0. The number of rotatable bonds is 6. The molecule has 2 atom stereocenters. The van der Waals surface area contributed by atoms with Crippen molar-refractivity contribution in [2.24, 2.45) is 11.8 Å². The van der Waals surface area contributed by atoms with Crippen LogP contribution in [0.1, 0.15) is 30.6 Å². The van der Waals surface area contributed by atoms with Crippen LogP contribution in [0, 0.1) is 11.8 Å². The van der Waals surface area contributed by atoms with E-state index >= 15 is 0 Å². The van der Waals surface area contributed by atoms with Gasteiger partial charge in [-0.1, -0.05) is 37.3 Å². The van der Waals surface area contributed by atoms with Crippen molar-refractivity contribution in [1.29, 1.82) is 0 Å². The average molecular weight is 232 g/mol. The van der Waals surface area contributed by atoms with Gasteiger partial charge in [0.2, 0.25) is 0 Å². The lowest BCUT2D eigenvalue weighted by atomic mass is 9.82. The van der Waals surface area contributed by atoms with Crippen LogP contribution in [-0.4, -0.2) is 17.9 Å². The summed E-state index contributed by atoms with van der Waals surface area (Å²) in [5.41, 5.74) is 0.519. The number of hydrogen-bond acceptors (Lipinski definition) is 3. The number of hydrogen-bond donors (Lipinski definition) is 0. The summed E-state index contributed by atoms with van der Waals surface area (Å²) in [6, 6.07) is 8.70. The van der Waals surface area contributed by atoms with E-state index in [0.717, 1.165) is 6.29 Å². The molecule has 3 heteroatoms. The van der Waals surface area contributed by atoms with Crippen LogP contribution in [0.3, 0.4) is 0 Å². The molecule has 0 amide bonds. The van der Waals surface area contributed by atoms with Crippen molar-refractivity contribution in [3.05, 3.63) is 35.9 Å². The number of ketones is 2. The zero-order valence-electron chi connectivity index (χ0n) is 10.1. The standard InChI is InChI=1S/C14H16O3/c1-10(8-9-15)13(11(2)16)14(17)12-6-4-3-5-7-12/h3-7,9-10,13H,8H2,1-2H3. The Morgan fingerprint density at radius 1 is 1.24 bits per heavy atom. The van der Waals surface area contributed by atoms with Crippen LogP contribution in [0.25, 0.3) is 0 Å².